The summed E-state index contributed by atoms with van der Waals surface area (Å²) in [7, 11) is 0. The lowest BCUT2D eigenvalue weighted by Gasteiger charge is -2.23. The summed E-state index contributed by atoms with van der Waals surface area (Å²) in [5.74, 6) is 2.16. The molecule has 0 saturated heterocycles. The van der Waals surface area contributed by atoms with Gasteiger partial charge in [-0.1, -0.05) is 19.8 Å². The fourth-order valence-electron chi connectivity index (χ4n) is 0.826. The van der Waals surface area contributed by atoms with E-state index in [2.05, 4.69) is 5.92 Å². The van der Waals surface area contributed by atoms with Crippen LogP contribution in [-0.2, 0) is 0 Å². The third kappa shape index (κ3) is 1.47. The molecule has 0 aromatic heterocycles. The van der Waals surface area contributed by atoms with Gasteiger partial charge in [0, 0.05) is 0 Å². The summed E-state index contributed by atoms with van der Waals surface area (Å²) < 4.78 is 24.4. The number of hydrogen-bond acceptors (Lipinski definition) is 0. The van der Waals surface area contributed by atoms with E-state index >= 15 is 0 Å². The fourth-order valence-corrected chi connectivity index (χ4v) is 0.826. The first-order valence-electron chi connectivity index (χ1n) is 3.39. The average molecular weight is 146 g/mol. The average Bonchev–Trinajstić information content (AvgIpc) is 1.92. The van der Waals surface area contributed by atoms with Crippen molar-refractivity contribution in [3.63, 3.8) is 0 Å². The lowest BCUT2D eigenvalue weighted by atomic mass is 9.84. The molecule has 10 heavy (non-hydrogen) atoms. The van der Waals surface area contributed by atoms with Crippen molar-refractivity contribution in [2.24, 2.45) is 5.41 Å². The van der Waals surface area contributed by atoms with Gasteiger partial charge in [-0.3, -0.25) is 0 Å². The zero-order chi connectivity index (χ0) is 8.20. The van der Waals surface area contributed by atoms with Gasteiger partial charge in [-0.2, -0.15) is 0 Å². The molecular weight excluding hydrogens is 134 g/mol. The van der Waals surface area contributed by atoms with Crippen molar-refractivity contribution in [1.29, 1.82) is 0 Å². The Balaban J connectivity index is 4.35. The van der Waals surface area contributed by atoms with Crippen molar-refractivity contribution in [3.8, 4) is 12.3 Å². The summed E-state index contributed by atoms with van der Waals surface area (Å²) in [4.78, 5) is 0. The lowest BCUT2D eigenvalue weighted by Crippen LogP contribution is -2.25. The second kappa shape index (κ2) is 3.55. The molecule has 0 rings (SSSR count). The predicted molar refractivity (Wildman–Crippen MR) is 37.9 cm³/mol. The van der Waals surface area contributed by atoms with E-state index in [4.69, 9.17) is 6.42 Å². The standard InChI is InChI=1S/C8H12F2/c1-4-8(5-2,6-3)7(9)10/h1,7H,5-6H2,2-3H3. The van der Waals surface area contributed by atoms with Gasteiger partial charge in [-0.15, -0.1) is 6.42 Å². The van der Waals surface area contributed by atoms with Crippen LogP contribution in [0.5, 0.6) is 0 Å². The van der Waals surface area contributed by atoms with Crippen LogP contribution < -0.4 is 0 Å². The first kappa shape index (κ1) is 9.42. The van der Waals surface area contributed by atoms with Crippen LogP contribution in [0.2, 0.25) is 0 Å². The molecule has 0 aliphatic carbocycles. The minimum atomic E-state index is -2.40. The summed E-state index contributed by atoms with van der Waals surface area (Å²) in [6, 6.07) is 0. The maximum atomic E-state index is 12.2. The second-order valence-corrected chi connectivity index (χ2v) is 2.31. The summed E-state index contributed by atoms with van der Waals surface area (Å²) in [5, 5.41) is 0. The van der Waals surface area contributed by atoms with E-state index in [0.29, 0.717) is 12.8 Å². The van der Waals surface area contributed by atoms with E-state index in [-0.39, 0.29) is 0 Å². The maximum absolute atomic E-state index is 12.2. The lowest BCUT2D eigenvalue weighted by molar-refractivity contribution is 0.0291. The van der Waals surface area contributed by atoms with Crippen molar-refractivity contribution in [1.82, 2.24) is 0 Å². The second-order valence-electron chi connectivity index (χ2n) is 2.31. The van der Waals surface area contributed by atoms with E-state index in [1.165, 1.54) is 0 Å². The molecule has 0 radical (unpaired) electrons. The molecule has 2 heteroatoms. The Morgan fingerprint density at radius 1 is 1.40 bits per heavy atom. The summed E-state index contributed by atoms with van der Waals surface area (Å²) in [5.41, 5.74) is -1.18. The molecule has 0 nitrogen and oxygen atoms in total. The molecule has 0 atom stereocenters. The number of halogens is 2. The Labute approximate surface area is 60.6 Å². The third-order valence-electron chi connectivity index (χ3n) is 1.97. The molecule has 0 bridgehead atoms. The van der Waals surface area contributed by atoms with E-state index in [1.54, 1.807) is 13.8 Å². The summed E-state index contributed by atoms with van der Waals surface area (Å²) >= 11 is 0. The molecule has 0 saturated carbocycles. The normalized spacial score (nSPS) is 11.6. The first-order valence-corrected chi connectivity index (χ1v) is 3.39. The predicted octanol–water partition coefficient (Wildman–Crippen LogP) is 2.69. The van der Waals surface area contributed by atoms with Gasteiger partial charge in [0.2, 0.25) is 0 Å². The summed E-state index contributed by atoms with van der Waals surface area (Å²) in [6.45, 7) is 3.38. The van der Waals surface area contributed by atoms with E-state index in [9.17, 15) is 8.78 Å². The molecule has 58 valence electrons. The maximum Gasteiger partial charge on any atom is 0.254 e. The Hall–Kier alpha value is -0.580. The van der Waals surface area contributed by atoms with Crippen molar-refractivity contribution >= 4 is 0 Å². The Kier molecular flexibility index (Phi) is 3.35. The number of rotatable bonds is 3. The zero-order valence-electron chi connectivity index (χ0n) is 6.32. The van der Waals surface area contributed by atoms with Gasteiger partial charge >= 0.3 is 0 Å². The topological polar surface area (TPSA) is 0 Å². The molecule has 0 aliphatic rings. The van der Waals surface area contributed by atoms with Gasteiger partial charge in [0.15, 0.2) is 0 Å². The van der Waals surface area contributed by atoms with E-state index in [1.807, 2.05) is 0 Å². The molecule has 0 fully saturated rings. The molecule has 0 aliphatic heterocycles. The fraction of sp³-hybridized carbons (Fsp3) is 0.750. The van der Waals surface area contributed by atoms with Crippen molar-refractivity contribution in [2.75, 3.05) is 0 Å². The molecule has 0 aromatic rings. The van der Waals surface area contributed by atoms with Crippen LogP contribution in [0.1, 0.15) is 26.7 Å². The molecule has 0 amide bonds. The highest BCUT2D eigenvalue weighted by molar-refractivity contribution is 5.06. The van der Waals surface area contributed by atoms with Gasteiger partial charge in [-0.25, -0.2) is 8.78 Å². The molecule has 0 unspecified atom stereocenters. The SMILES string of the molecule is C#CC(CC)(CC)C(F)F. The highest BCUT2D eigenvalue weighted by atomic mass is 19.3. The number of terminal acetylenes is 1. The largest absolute Gasteiger partial charge is 0.254 e. The minimum absolute atomic E-state index is 0.345. The van der Waals surface area contributed by atoms with Crippen LogP contribution in [0.3, 0.4) is 0 Å². The monoisotopic (exact) mass is 146 g/mol. The molecule has 0 spiro atoms. The van der Waals surface area contributed by atoms with Gasteiger partial charge in [-0.05, 0) is 12.8 Å². The van der Waals surface area contributed by atoms with Crippen LogP contribution in [0.4, 0.5) is 8.78 Å². The highest BCUT2D eigenvalue weighted by Crippen LogP contribution is 2.32. The van der Waals surface area contributed by atoms with Crippen molar-refractivity contribution < 1.29 is 8.78 Å². The van der Waals surface area contributed by atoms with Gasteiger partial charge in [0.05, 0.1) is 5.41 Å². The minimum Gasteiger partial charge on any atom is -0.209 e. The van der Waals surface area contributed by atoms with E-state index < -0.39 is 11.8 Å². The summed E-state index contributed by atoms with van der Waals surface area (Å²) in [6.07, 6.45) is 3.29. The van der Waals surface area contributed by atoms with Crippen LogP contribution >= 0.6 is 0 Å². The van der Waals surface area contributed by atoms with Crippen LogP contribution in [0, 0.1) is 17.8 Å². The molecule has 0 N–H and O–H groups in total. The van der Waals surface area contributed by atoms with Crippen LogP contribution in [0.15, 0.2) is 0 Å². The Bertz CT molecular complexity index is 129. The molecule has 0 heterocycles. The number of hydrogen-bond donors (Lipinski definition) is 0. The highest BCUT2D eigenvalue weighted by Gasteiger charge is 2.34. The first-order chi connectivity index (χ1) is 4.63. The van der Waals surface area contributed by atoms with Gasteiger partial charge in [0.25, 0.3) is 6.43 Å². The smallest absolute Gasteiger partial charge is 0.209 e. The third-order valence-corrected chi connectivity index (χ3v) is 1.97. The van der Waals surface area contributed by atoms with Crippen molar-refractivity contribution in [3.05, 3.63) is 0 Å². The van der Waals surface area contributed by atoms with Crippen LogP contribution in [0.25, 0.3) is 0 Å². The Morgan fingerprint density at radius 3 is 1.80 bits per heavy atom. The van der Waals surface area contributed by atoms with Gasteiger partial charge in [0.1, 0.15) is 0 Å². The van der Waals surface area contributed by atoms with E-state index in [0.717, 1.165) is 0 Å². The zero-order valence-corrected chi connectivity index (χ0v) is 6.32. The van der Waals surface area contributed by atoms with Crippen molar-refractivity contribution in [2.45, 2.75) is 33.1 Å². The quantitative estimate of drug-likeness (QED) is 0.537. The molecule has 0 aromatic carbocycles. The number of alkyl halides is 2. The Morgan fingerprint density at radius 2 is 1.80 bits per heavy atom. The van der Waals surface area contributed by atoms with Gasteiger partial charge < -0.3 is 0 Å². The molecular formula is C8H12F2. The van der Waals surface area contributed by atoms with Crippen LogP contribution in [-0.4, -0.2) is 6.43 Å².